The van der Waals surface area contributed by atoms with Crippen molar-refractivity contribution in [3.63, 3.8) is 0 Å². The van der Waals surface area contributed by atoms with Gasteiger partial charge in [-0.15, -0.1) is 11.3 Å². The lowest BCUT2D eigenvalue weighted by Gasteiger charge is -2.32. The van der Waals surface area contributed by atoms with E-state index in [4.69, 9.17) is 0 Å². The van der Waals surface area contributed by atoms with Crippen molar-refractivity contribution in [3.8, 4) is 0 Å². The average Bonchev–Trinajstić information content (AvgIpc) is 3.03. The Bertz CT molecular complexity index is 721. The summed E-state index contributed by atoms with van der Waals surface area (Å²) >= 11 is 1.46. The van der Waals surface area contributed by atoms with E-state index in [2.05, 4.69) is 11.9 Å². The number of piperidine rings is 1. The maximum atomic E-state index is 12.3. The highest BCUT2D eigenvalue weighted by molar-refractivity contribution is 7.16. The van der Waals surface area contributed by atoms with Crippen LogP contribution in [-0.2, 0) is 11.3 Å². The summed E-state index contributed by atoms with van der Waals surface area (Å²) in [5.74, 6) is 0.778. The molecule has 2 aromatic heterocycles. The number of carbonyl (C=O) groups is 1. The molecule has 118 valence electrons. The first kappa shape index (κ1) is 15.2. The van der Waals surface area contributed by atoms with Crippen LogP contribution in [-0.4, -0.2) is 33.4 Å². The van der Waals surface area contributed by atoms with Crippen LogP contribution in [0.1, 0.15) is 32.6 Å². The SMILES string of the molecule is CC[C@H]1CCCN(C(=O)CCn2cnc3sccc3c2=O)C1. The third kappa shape index (κ3) is 3.06. The molecule has 0 unspecified atom stereocenters. The average molecular weight is 319 g/mol. The second-order valence-corrected chi connectivity index (χ2v) is 6.78. The lowest BCUT2D eigenvalue weighted by molar-refractivity contribution is -0.133. The van der Waals surface area contributed by atoms with Crippen LogP contribution < -0.4 is 5.56 Å². The van der Waals surface area contributed by atoms with Gasteiger partial charge >= 0.3 is 0 Å². The lowest BCUT2D eigenvalue weighted by atomic mass is 9.95. The molecule has 0 saturated carbocycles. The first-order valence-corrected chi connectivity index (χ1v) is 8.77. The Labute approximate surface area is 133 Å². The van der Waals surface area contributed by atoms with E-state index in [1.54, 1.807) is 17.0 Å². The largest absolute Gasteiger partial charge is 0.342 e. The van der Waals surface area contributed by atoms with Gasteiger partial charge in [-0.25, -0.2) is 4.98 Å². The van der Waals surface area contributed by atoms with Gasteiger partial charge in [-0.3, -0.25) is 14.2 Å². The third-order valence-electron chi connectivity index (χ3n) is 4.47. The molecule has 0 aromatic carbocycles. The number of amides is 1. The second-order valence-electron chi connectivity index (χ2n) is 5.89. The standard InChI is InChI=1S/C16H21N3O2S/c1-2-12-4-3-7-18(10-12)14(20)5-8-19-11-17-15-13(16(19)21)6-9-22-15/h6,9,11-12H,2-5,7-8,10H2,1H3/t12-/m0/s1. The van der Waals surface area contributed by atoms with E-state index in [-0.39, 0.29) is 11.5 Å². The summed E-state index contributed by atoms with van der Waals surface area (Å²) in [6, 6.07) is 1.80. The fraction of sp³-hybridized carbons (Fsp3) is 0.562. The van der Waals surface area contributed by atoms with Gasteiger partial charge in [0.25, 0.3) is 5.56 Å². The van der Waals surface area contributed by atoms with Gasteiger partial charge < -0.3 is 4.90 Å². The quantitative estimate of drug-likeness (QED) is 0.870. The number of rotatable bonds is 4. The van der Waals surface area contributed by atoms with E-state index in [1.807, 2.05) is 10.3 Å². The van der Waals surface area contributed by atoms with E-state index in [0.29, 0.717) is 24.3 Å². The van der Waals surface area contributed by atoms with Gasteiger partial charge in [-0.1, -0.05) is 13.3 Å². The first-order valence-electron chi connectivity index (χ1n) is 7.89. The van der Waals surface area contributed by atoms with Crippen molar-refractivity contribution in [3.05, 3.63) is 28.1 Å². The van der Waals surface area contributed by atoms with E-state index >= 15 is 0 Å². The molecule has 1 aliphatic heterocycles. The van der Waals surface area contributed by atoms with Gasteiger partial charge in [0, 0.05) is 26.1 Å². The van der Waals surface area contributed by atoms with E-state index in [0.717, 1.165) is 30.8 Å². The molecular formula is C16H21N3O2S. The van der Waals surface area contributed by atoms with Gasteiger partial charge in [-0.05, 0) is 30.2 Å². The fourth-order valence-corrected chi connectivity index (χ4v) is 3.77. The Morgan fingerprint density at radius 3 is 3.18 bits per heavy atom. The monoisotopic (exact) mass is 319 g/mol. The maximum absolute atomic E-state index is 12.3. The Hall–Kier alpha value is -1.69. The highest BCUT2D eigenvalue weighted by Gasteiger charge is 2.22. The molecule has 3 rings (SSSR count). The predicted molar refractivity (Wildman–Crippen MR) is 88.1 cm³/mol. The van der Waals surface area contributed by atoms with Gasteiger partial charge in [0.15, 0.2) is 0 Å². The molecule has 3 heterocycles. The van der Waals surface area contributed by atoms with Crippen molar-refractivity contribution in [1.82, 2.24) is 14.5 Å². The van der Waals surface area contributed by atoms with Gasteiger partial charge in [-0.2, -0.15) is 0 Å². The molecule has 6 heteroatoms. The van der Waals surface area contributed by atoms with Gasteiger partial charge in [0.2, 0.25) is 5.91 Å². The molecule has 5 nitrogen and oxygen atoms in total. The van der Waals surface area contributed by atoms with Crippen LogP contribution >= 0.6 is 11.3 Å². The summed E-state index contributed by atoms with van der Waals surface area (Å²) < 4.78 is 1.55. The zero-order valence-corrected chi connectivity index (χ0v) is 13.6. The van der Waals surface area contributed by atoms with Crippen LogP contribution in [0.15, 0.2) is 22.6 Å². The van der Waals surface area contributed by atoms with Crippen molar-refractivity contribution >= 4 is 27.5 Å². The summed E-state index contributed by atoms with van der Waals surface area (Å²) in [6.45, 7) is 4.31. The van der Waals surface area contributed by atoms with E-state index in [9.17, 15) is 9.59 Å². The Kier molecular flexibility index (Phi) is 4.57. The number of hydrogen-bond donors (Lipinski definition) is 0. The molecule has 2 aromatic rings. The molecule has 22 heavy (non-hydrogen) atoms. The predicted octanol–water partition coefficient (Wildman–Crippen LogP) is 2.50. The minimum Gasteiger partial charge on any atom is -0.342 e. The zero-order chi connectivity index (χ0) is 15.5. The number of aromatic nitrogens is 2. The Morgan fingerprint density at radius 1 is 1.50 bits per heavy atom. The summed E-state index contributed by atoms with van der Waals surface area (Å²) in [4.78, 5) is 31.6. The zero-order valence-electron chi connectivity index (χ0n) is 12.8. The number of thiophene rings is 1. The first-order chi connectivity index (χ1) is 10.7. The summed E-state index contributed by atoms with van der Waals surface area (Å²) in [5, 5.41) is 2.51. The lowest BCUT2D eigenvalue weighted by Crippen LogP contribution is -2.40. The van der Waals surface area contributed by atoms with Crippen molar-refractivity contribution in [2.45, 2.75) is 39.2 Å². The van der Waals surface area contributed by atoms with Crippen molar-refractivity contribution in [2.75, 3.05) is 13.1 Å². The molecule has 1 aliphatic rings. The van der Waals surface area contributed by atoms with Crippen LogP contribution in [0, 0.1) is 5.92 Å². The van der Waals surface area contributed by atoms with Crippen molar-refractivity contribution in [1.29, 1.82) is 0 Å². The molecule has 1 amide bonds. The molecular weight excluding hydrogens is 298 g/mol. The van der Waals surface area contributed by atoms with Crippen LogP contribution in [0.3, 0.4) is 0 Å². The Morgan fingerprint density at radius 2 is 2.36 bits per heavy atom. The molecule has 1 fully saturated rings. The number of carbonyl (C=O) groups excluding carboxylic acids is 1. The number of likely N-dealkylation sites (tertiary alicyclic amines) is 1. The number of fused-ring (bicyclic) bond motifs is 1. The second kappa shape index (κ2) is 6.60. The molecule has 0 N–H and O–H groups in total. The number of aryl methyl sites for hydroxylation is 1. The molecule has 0 aliphatic carbocycles. The molecule has 1 atom stereocenters. The number of nitrogens with zero attached hydrogens (tertiary/aromatic N) is 3. The van der Waals surface area contributed by atoms with Crippen LogP contribution in [0.25, 0.3) is 10.2 Å². The summed E-state index contributed by atoms with van der Waals surface area (Å²) in [5.41, 5.74) is -0.0517. The third-order valence-corrected chi connectivity index (χ3v) is 5.29. The van der Waals surface area contributed by atoms with Crippen LogP contribution in [0.2, 0.25) is 0 Å². The topological polar surface area (TPSA) is 55.2 Å². The van der Waals surface area contributed by atoms with Crippen LogP contribution in [0.5, 0.6) is 0 Å². The normalized spacial score (nSPS) is 18.8. The smallest absolute Gasteiger partial charge is 0.262 e. The minimum absolute atomic E-state index is 0.0517. The number of hydrogen-bond acceptors (Lipinski definition) is 4. The van der Waals surface area contributed by atoms with E-state index in [1.165, 1.54) is 17.8 Å². The Balaban J connectivity index is 1.64. The fourth-order valence-electron chi connectivity index (χ4n) is 3.05. The van der Waals surface area contributed by atoms with Crippen molar-refractivity contribution in [2.24, 2.45) is 5.92 Å². The summed E-state index contributed by atoms with van der Waals surface area (Å²) in [7, 11) is 0. The molecule has 1 saturated heterocycles. The van der Waals surface area contributed by atoms with Gasteiger partial charge in [0.1, 0.15) is 4.83 Å². The maximum Gasteiger partial charge on any atom is 0.262 e. The van der Waals surface area contributed by atoms with Crippen molar-refractivity contribution < 1.29 is 4.79 Å². The van der Waals surface area contributed by atoms with Gasteiger partial charge in [0.05, 0.1) is 11.7 Å². The molecule has 0 bridgehead atoms. The molecule has 0 radical (unpaired) electrons. The minimum atomic E-state index is -0.0517. The highest BCUT2D eigenvalue weighted by Crippen LogP contribution is 2.19. The highest BCUT2D eigenvalue weighted by atomic mass is 32.1. The summed E-state index contributed by atoms with van der Waals surface area (Å²) in [6.07, 6.45) is 5.36. The molecule has 0 spiro atoms. The van der Waals surface area contributed by atoms with E-state index < -0.39 is 0 Å². The van der Waals surface area contributed by atoms with Crippen LogP contribution in [0.4, 0.5) is 0 Å².